The van der Waals surface area contributed by atoms with Gasteiger partial charge in [0.2, 0.25) is 0 Å². The third-order valence-corrected chi connectivity index (χ3v) is 3.57. The van der Waals surface area contributed by atoms with Gasteiger partial charge in [0.05, 0.1) is 6.54 Å². The van der Waals surface area contributed by atoms with Crippen LogP contribution in [0.5, 0.6) is 0 Å². The van der Waals surface area contributed by atoms with E-state index in [1.165, 1.54) is 13.0 Å². The van der Waals surface area contributed by atoms with Crippen LogP contribution in [-0.2, 0) is 0 Å². The Kier molecular flexibility index (Phi) is 4.50. The van der Waals surface area contributed by atoms with E-state index < -0.39 is 0 Å². The van der Waals surface area contributed by atoms with E-state index >= 15 is 0 Å². The molecule has 98 valence electrons. The largest absolute Gasteiger partial charge is 0.306 e. The molecule has 0 bridgehead atoms. The second-order valence-electron chi connectivity index (χ2n) is 5.40. The average molecular weight is 246 g/mol. The second kappa shape index (κ2) is 6.12. The Morgan fingerprint density at radius 1 is 1.39 bits per heavy atom. The zero-order valence-corrected chi connectivity index (χ0v) is 11.3. The van der Waals surface area contributed by atoms with Crippen LogP contribution in [0, 0.1) is 5.92 Å². The molecule has 18 heavy (non-hydrogen) atoms. The minimum Gasteiger partial charge on any atom is -0.306 e. The summed E-state index contributed by atoms with van der Waals surface area (Å²) in [5.41, 5.74) is 0.813. The number of hydrogen-bond donors (Lipinski definition) is 0. The third kappa shape index (κ3) is 3.65. The van der Waals surface area contributed by atoms with Gasteiger partial charge in [-0.1, -0.05) is 30.3 Å². The molecule has 0 spiro atoms. The molecule has 1 aliphatic heterocycles. The van der Waals surface area contributed by atoms with Crippen LogP contribution < -0.4 is 0 Å². The van der Waals surface area contributed by atoms with Crippen LogP contribution in [0.25, 0.3) is 0 Å². The first kappa shape index (κ1) is 13.2. The normalized spacial score (nSPS) is 20.5. The third-order valence-electron chi connectivity index (χ3n) is 3.57. The minimum atomic E-state index is 0.212. The fourth-order valence-corrected chi connectivity index (χ4v) is 2.64. The average Bonchev–Trinajstić information content (AvgIpc) is 2.75. The van der Waals surface area contributed by atoms with Crippen LogP contribution in [0.2, 0.25) is 0 Å². The minimum absolute atomic E-state index is 0.212. The molecule has 0 saturated carbocycles. The van der Waals surface area contributed by atoms with Gasteiger partial charge in [-0.25, -0.2) is 0 Å². The summed E-state index contributed by atoms with van der Waals surface area (Å²) in [6, 6.07) is 9.55. The highest BCUT2D eigenvalue weighted by atomic mass is 16.1. The van der Waals surface area contributed by atoms with Crippen LogP contribution in [0.15, 0.2) is 30.3 Å². The van der Waals surface area contributed by atoms with Crippen molar-refractivity contribution in [2.24, 2.45) is 5.92 Å². The lowest BCUT2D eigenvalue weighted by molar-refractivity contribution is 0.0938. The van der Waals surface area contributed by atoms with Gasteiger partial charge in [0.25, 0.3) is 0 Å². The summed E-state index contributed by atoms with van der Waals surface area (Å²) < 4.78 is 0. The number of likely N-dealkylation sites (tertiary alicyclic amines) is 1. The lowest BCUT2D eigenvalue weighted by Gasteiger charge is -2.20. The van der Waals surface area contributed by atoms with E-state index in [1.54, 1.807) is 0 Å². The summed E-state index contributed by atoms with van der Waals surface area (Å²) in [6.45, 7) is 3.88. The summed E-state index contributed by atoms with van der Waals surface area (Å²) in [6.07, 6.45) is 1.25. The van der Waals surface area contributed by atoms with Crippen molar-refractivity contribution in [2.45, 2.75) is 6.42 Å². The van der Waals surface area contributed by atoms with Crippen molar-refractivity contribution in [1.82, 2.24) is 9.80 Å². The van der Waals surface area contributed by atoms with E-state index in [2.05, 4.69) is 16.8 Å². The van der Waals surface area contributed by atoms with E-state index in [1.807, 2.05) is 37.4 Å². The van der Waals surface area contributed by atoms with Gasteiger partial charge < -0.3 is 4.90 Å². The molecule has 1 aromatic rings. The zero-order valence-electron chi connectivity index (χ0n) is 11.3. The predicted molar refractivity (Wildman–Crippen MR) is 73.9 cm³/mol. The van der Waals surface area contributed by atoms with E-state index in [0.29, 0.717) is 12.5 Å². The molecule has 1 heterocycles. The van der Waals surface area contributed by atoms with E-state index in [4.69, 9.17) is 0 Å². The molecule has 0 amide bonds. The summed E-state index contributed by atoms with van der Waals surface area (Å²) in [4.78, 5) is 16.6. The van der Waals surface area contributed by atoms with Gasteiger partial charge in [0.1, 0.15) is 0 Å². The maximum Gasteiger partial charge on any atom is 0.176 e. The van der Waals surface area contributed by atoms with E-state index in [0.717, 1.165) is 18.7 Å². The summed E-state index contributed by atoms with van der Waals surface area (Å²) in [7, 11) is 4.20. The fraction of sp³-hybridized carbons (Fsp3) is 0.533. The Hall–Kier alpha value is -1.19. The SMILES string of the molecule is CN1CCC(CN(C)CC(=O)c2ccccc2)C1. The van der Waals surface area contributed by atoms with E-state index in [9.17, 15) is 4.79 Å². The highest BCUT2D eigenvalue weighted by Gasteiger charge is 2.21. The second-order valence-corrected chi connectivity index (χ2v) is 5.40. The molecule has 0 N–H and O–H groups in total. The molecule has 1 aromatic carbocycles. The number of likely N-dealkylation sites (N-methyl/N-ethyl adjacent to an activating group) is 1. The standard InChI is InChI=1S/C15H22N2O/c1-16-9-8-13(10-16)11-17(2)12-15(18)14-6-4-3-5-7-14/h3-7,13H,8-12H2,1-2H3. The summed E-state index contributed by atoms with van der Waals surface area (Å²) >= 11 is 0. The van der Waals surface area contributed by atoms with Crippen molar-refractivity contribution >= 4 is 5.78 Å². The molecule has 1 saturated heterocycles. The van der Waals surface area contributed by atoms with Gasteiger partial charge in [-0.05, 0) is 33.0 Å². The molecule has 2 rings (SSSR count). The Balaban J connectivity index is 1.80. The fourth-order valence-electron chi connectivity index (χ4n) is 2.64. The van der Waals surface area contributed by atoms with Gasteiger partial charge >= 0.3 is 0 Å². The van der Waals surface area contributed by atoms with Gasteiger partial charge in [-0.2, -0.15) is 0 Å². The van der Waals surface area contributed by atoms with Crippen molar-refractivity contribution in [1.29, 1.82) is 0 Å². The number of benzene rings is 1. The quantitative estimate of drug-likeness (QED) is 0.740. The summed E-state index contributed by atoms with van der Waals surface area (Å²) in [5, 5.41) is 0. The Bertz CT molecular complexity index is 391. The topological polar surface area (TPSA) is 23.6 Å². The number of hydrogen-bond acceptors (Lipinski definition) is 3. The predicted octanol–water partition coefficient (Wildman–Crippen LogP) is 1.75. The number of ketones is 1. The van der Waals surface area contributed by atoms with Crippen LogP contribution in [0.4, 0.5) is 0 Å². The maximum absolute atomic E-state index is 12.0. The molecular formula is C15H22N2O. The van der Waals surface area contributed by atoms with E-state index in [-0.39, 0.29) is 5.78 Å². The molecule has 0 aliphatic carbocycles. The van der Waals surface area contributed by atoms with Crippen LogP contribution in [0.3, 0.4) is 0 Å². The highest BCUT2D eigenvalue weighted by molar-refractivity contribution is 5.97. The molecule has 3 nitrogen and oxygen atoms in total. The first-order valence-corrected chi connectivity index (χ1v) is 6.60. The van der Waals surface area contributed by atoms with Crippen LogP contribution in [-0.4, -0.2) is 55.9 Å². The van der Waals surface area contributed by atoms with Gasteiger partial charge in [0.15, 0.2) is 5.78 Å². The van der Waals surface area contributed by atoms with Crippen molar-refractivity contribution in [3.63, 3.8) is 0 Å². The number of carbonyl (C=O) groups is 1. The molecular weight excluding hydrogens is 224 g/mol. The smallest absolute Gasteiger partial charge is 0.176 e. The van der Waals surface area contributed by atoms with Gasteiger partial charge in [-0.15, -0.1) is 0 Å². The molecule has 1 aliphatic rings. The number of rotatable bonds is 5. The lowest BCUT2D eigenvalue weighted by Crippen LogP contribution is -2.31. The molecule has 0 radical (unpaired) electrons. The molecule has 1 fully saturated rings. The molecule has 1 atom stereocenters. The summed E-state index contributed by atoms with van der Waals surface area (Å²) in [5.74, 6) is 0.924. The van der Waals surface area contributed by atoms with Crippen molar-refractivity contribution < 1.29 is 4.79 Å². The van der Waals surface area contributed by atoms with Crippen molar-refractivity contribution in [3.8, 4) is 0 Å². The molecule has 0 aromatic heterocycles. The Morgan fingerprint density at radius 2 is 2.11 bits per heavy atom. The lowest BCUT2D eigenvalue weighted by atomic mass is 10.1. The Morgan fingerprint density at radius 3 is 2.72 bits per heavy atom. The Labute approximate surface area is 109 Å². The number of nitrogens with zero attached hydrogens (tertiary/aromatic N) is 2. The van der Waals surface area contributed by atoms with Crippen molar-refractivity contribution in [3.05, 3.63) is 35.9 Å². The molecule has 3 heteroatoms. The maximum atomic E-state index is 12.0. The first-order valence-electron chi connectivity index (χ1n) is 6.60. The number of Topliss-reactive ketones (excluding diaryl/α,β-unsaturated/α-hetero) is 1. The van der Waals surface area contributed by atoms with Crippen LogP contribution >= 0.6 is 0 Å². The van der Waals surface area contributed by atoms with Gasteiger partial charge in [0, 0.05) is 18.7 Å². The number of carbonyl (C=O) groups excluding carboxylic acids is 1. The van der Waals surface area contributed by atoms with Crippen LogP contribution in [0.1, 0.15) is 16.8 Å². The van der Waals surface area contributed by atoms with Gasteiger partial charge in [-0.3, -0.25) is 9.69 Å². The first-order chi connectivity index (χ1) is 8.65. The van der Waals surface area contributed by atoms with Crippen molar-refractivity contribution in [2.75, 3.05) is 40.3 Å². The molecule has 1 unspecified atom stereocenters. The zero-order chi connectivity index (χ0) is 13.0. The monoisotopic (exact) mass is 246 g/mol. The highest BCUT2D eigenvalue weighted by Crippen LogP contribution is 2.15.